The zero-order valence-corrected chi connectivity index (χ0v) is 11.4. The predicted octanol–water partition coefficient (Wildman–Crippen LogP) is 3.22. The summed E-state index contributed by atoms with van der Waals surface area (Å²) in [5.74, 6) is -0.316. The highest BCUT2D eigenvalue weighted by Gasteiger charge is 2.15. The standard InChI is InChI=1S/C12H13ClFN3S/c1-2-15-11(12-7-16-17-18-12)5-8-3-4-9(14)6-10(8)13/h3-4,6-7,11,15H,2,5H2,1H3. The molecule has 18 heavy (non-hydrogen) atoms. The molecule has 3 nitrogen and oxygen atoms in total. The maximum atomic E-state index is 13.0. The van der Waals surface area contributed by atoms with Crippen molar-refractivity contribution in [2.45, 2.75) is 19.4 Å². The van der Waals surface area contributed by atoms with Crippen LogP contribution in [0.15, 0.2) is 24.4 Å². The summed E-state index contributed by atoms with van der Waals surface area (Å²) < 4.78 is 16.9. The first kappa shape index (κ1) is 13.4. The summed E-state index contributed by atoms with van der Waals surface area (Å²) in [5.41, 5.74) is 0.914. The number of benzene rings is 1. The average molecular weight is 286 g/mol. The number of hydrogen-bond donors (Lipinski definition) is 1. The number of nitrogens with zero attached hydrogens (tertiary/aromatic N) is 2. The predicted molar refractivity (Wildman–Crippen MR) is 71.4 cm³/mol. The lowest BCUT2D eigenvalue weighted by atomic mass is 10.0. The molecule has 1 aromatic carbocycles. The summed E-state index contributed by atoms with van der Waals surface area (Å²) in [7, 11) is 0. The van der Waals surface area contributed by atoms with Crippen LogP contribution in [0.25, 0.3) is 0 Å². The van der Waals surface area contributed by atoms with E-state index in [2.05, 4.69) is 14.9 Å². The molecule has 0 aliphatic heterocycles. The quantitative estimate of drug-likeness (QED) is 0.916. The maximum absolute atomic E-state index is 13.0. The summed E-state index contributed by atoms with van der Waals surface area (Å²) in [6.07, 6.45) is 2.44. The second-order valence-electron chi connectivity index (χ2n) is 3.87. The Balaban J connectivity index is 2.18. The van der Waals surface area contributed by atoms with Gasteiger partial charge < -0.3 is 5.32 Å². The molecule has 2 aromatic rings. The topological polar surface area (TPSA) is 37.8 Å². The third-order valence-electron chi connectivity index (χ3n) is 2.61. The summed E-state index contributed by atoms with van der Waals surface area (Å²) in [4.78, 5) is 1.05. The van der Waals surface area contributed by atoms with Gasteiger partial charge in [-0.3, -0.25) is 0 Å². The minimum absolute atomic E-state index is 0.109. The molecule has 0 bridgehead atoms. The molecule has 2 rings (SSSR count). The molecule has 6 heteroatoms. The van der Waals surface area contributed by atoms with Crippen LogP contribution in [0.5, 0.6) is 0 Å². The van der Waals surface area contributed by atoms with Crippen molar-refractivity contribution in [3.8, 4) is 0 Å². The summed E-state index contributed by atoms with van der Waals surface area (Å²) in [6.45, 7) is 2.87. The van der Waals surface area contributed by atoms with Crippen LogP contribution in [0.4, 0.5) is 4.39 Å². The van der Waals surface area contributed by atoms with E-state index in [0.29, 0.717) is 11.4 Å². The number of hydrogen-bond acceptors (Lipinski definition) is 4. The van der Waals surface area contributed by atoms with Crippen molar-refractivity contribution < 1.29 is 4.39 Å². The molecular weight excluding hydrogens is 273 g/mol. The van der Waals surface area contributed by atoms with Gasteiger partial charge in [-0.1, -0.05) is 29.1 Å². The van der Waals surface area contributed by atoms with Gasteiger partial charge in [-0.15, -0.1) is 5.10 Å². The Morgan fingerprint density at radius 2 is 2.33 bits per heavy atom. The molecule has 96 valence electrons. The maximum Gasteiger partial charge on any atom is 0.124 e. The molecule has 1 unspecified atom stereocenters. The molecule has 0 saturated carbocycles. The van der Waals surface area contributed by atoms with Gasteiger partial charge in [-0.05, 0) is 42.2 Å². The normalized spacial score (nSPS) is 12.6. The highest BCUT2D eigenvalue weighted by Crippen LogP contribution is 2.25. The smallest absolute Gasteiger partial charge is 0.124 e. The lowest BCUT2D eigenvalue weighted by Crippen LogP contribution is -2.22. The number of likely N-dealkylation sites (N-methyl/N-ethyl adjacent to an activating group) is 1. The first-order chi connectivity index (χ1) is 8.70. The van der Waals surface area contributed by atoms with Crippen LogP contribution in [0, 0.1) is 5.82 Å². The highest BCUT2D eigenvalue weighted by molar-refractivity contribution is 7.05. The first-order valence-corrected chi connectivity index (χ1v) is 6.80. The fourth-order valence-electron chi connectivity index (χ4n) is 1.76. The Kier molecular flexibility index (Phi) is 4.63. The van der Waals surface area contributed by atoms with E-state index >= 15 is 0 Å². The third kappa shape index (κ3) is 3.25. The molecule has 0 fully saturated rings. The van der Waals surface area contributed by atoms with Gasteiger partial charge in [0.15, 0.2) is 0 Å². The van der Waals surface area contributed by atoms with E-state index in [1.165, 1.54) is 23.7 Å². The van der Waals surface area contributed by atoms with Crippen LogP contribution in [-0.4, -0.2) is 16.1 Å². The third-order valence-corrected chi connectivity index (χ3v) is 3.74. The molecule has 1 atom stereocenters. The summed E-state index contributed by atoms with van der Waals surface area (Å²) in [5, 5.41) is 7.65. The number of halogens is 2. The Hall–Kier alpha value is -1.04. The lowest BCUT2D eigenvalue weighted by Gasteiger charge is -2.16. The second kappa shape index (κ2) is 6.22. The lowest BCUT2D eigenvalue weighted by molar-refractivity contribution is 0.556. The van der Waals surface area contributed by atoms with Gasteiger partial charge in [0, 0.05) is 11.1 Å². The van der Waals surface area contributed by atoms with Crippen molar-refractivity contribution in [1.82, 2.24) is 14.9 Å². The Labute approximate surface area is 114 Å². The van der Waals surface area contributed by atoms with Crippen molar-refractivity contribution in [3.63, 3.8) is 0 Å². The van der Waals surface area contributed by atoms with Gasteiger partial charge in [-0.2, -0.15) is 0 Å². The number of rotatable bonds is 5. The van der Waals surface area contributed by atoms with Gasteiger partial charge in [0.25, 0.3) is 0 Å². The van der Waals surface area contributed by atoms with E-state index < -0.39 is 0 Å². The van der Waals surface area contributed by atoms with E-state index in [9.17, 15) is 4.39 Å². The van der Waals surface area contributed by atoms with Crippen molar-refractivity contribution in [3.05, 3.63) is 45.7 Å². The van der Waals surface area contributed by atoms with Gasteiger partial charge in [-0.25, -0.2) is 4.39 Å². The van der Waals surface area contributed by atoms with Gasteiger partial charge in [0.1, 0.15) is 5.82 Å². The molecule has 0 spiro atoms. The number of aromatic nitrogens is 2. The Morgan fingerprint density at radius 3 is 2.94 bits per heavy atom. The van der Waals surface area contributed by atoms with E-state index in [1.807, 2.05) is 6.92 Å². The molecule has 0 aliphatic carbocycles. The van der Waals surface area contributed by atoms with Gasteiger partial charge >= 0.3 is 0 Å². The molecule has 0 amide bonds. The fourth-order valence-corrected chi connectivity index (χ4v) is 2.58. The monoisotopic (exact) mass is 285 g/mol. The highest BCUT2D eigenvalue weighted by atomic mass is 35.5. The number of nitrogens with one attached hydrogen (secondary N) is 1. The van der Waals surface area contributed by atoms with E-state index in [1.54, 1.807) is 12.3 Å². The molecule has 1 heterocycles. The molecule has 1 aromatic heterocycles. The van der Waals surface area contributed by atoms with Crippen LogP contribution in [0.1, 0.15) is 23.4 Å². The van der Waals surface area contributed by atoms with Crippen LogP contribution < -0.4 is 5.32 Å². The molecule has 0 radical (unpaired) electrons. The Bertz CT molecular complexity index is 504. The minimum Gasteiger partial charge on any atom is -0.309 e. The van der Waals surface area contributed by atoms with Gasteiger partial charge in [0.05, 0.1) is 11.1 Å². The van der Waals surface area contributed by atoms with E-state index in [4.69, 9.17) is 11.6 Å². The molecule has 1 N–H and O–H groups in total. The minimum atomic E-state index is -0.316. The first-order valence-electron chi connectivity index (χ1n) is 5.65. The fraction of sp³-hybridized carbons (Fsp3) is 0.333. The molecular formula is C12H13ClFN3S. The largest absolute Gasteiger partial charge is 0.309 e. The summed E-state index contributed by atoms with van der Waals surface area (Å²) >= 11 is 7.40. The van der Waals surface area contributed by atoms with Crippen LogP contribution in [-0.2, 0) is 6.42 Å². The van der Waals surface area contributed by atoms with Gasteiger partial charge in [0.2, 0.25) is 0 Å². The van der Waals surface area contributed by atoms with Crippen LogP contribution >= 0.6 is 23.1 Å². The summed E-state index contributed by atoms with van der Waals surface area (Å²) in [6, 6.07) is 4.59. The van der Waals surface area contributed by atoms with Crippen molar-refractivity contribution in [2.75, 3.05) is 6.54 Å². The molecule has 0 aliphatic rings. The SMILES string of the molecule is CCNC(Cc1ccc(F)cc1Cl)c1cnns1. The average Bonchev–Trinajstić information content (AvgIpc) is 2.85. The van der Waals surface area contributed by atoms with Crippen LogP contribution in [0.3, 0.4) is 0 Å². The second-order valence-corrected chi connectivity index (χ2v) is 5.09. The van der Waals surface area contributed by atoms with E-state index in [0.717, 1.165) is 17.0 Å². The zero-order chi connectivity index (χ0) is 13.0. The van der Waals surface area contributed by atoms with E-state index in [-0.39, 0.29) is 11.9 Å². The van der Waals surface area contributed by atoms with Crippen molar-refractivity contribution in [2.24, 2.45) is 0 Å². The Morgan fingerprint density at radius 1 is 1.50 bits per heavy atom. The zero-order valence-electron chi connectivity index (χ0n) is 9.86. The molecule has 0 saturated heterocycles. The van der Waals surface area contributed by atoms with Crippen molar-refractivity contribution >= 4 is 23.1 Å². The van der Waals surface area contributed by atoms with Crippen molar-refractivity contribution in [1.29, 1.82) is 0 Å². The van der Waals surface area contributed by atoms with Crippen LogP contribution in [0.2, 0.25) is 5.02 Å².